The number of hydrogen-bond donors (Lipinski definition) is 0. The van der Waals surface area contributed by atoms with Gasteiger partial charge in [0.25, 0.3) is 6.43 Å². The van der Waals surface area contributed by atoms with Crippen LogP contribution in [0.3, 0.4) is 0 Å². The van der Waals surface area contributed by atoms with E-state index in [9.17, 15) is 13.2 Å². The minimum absolute atomic E-state index is 0.267. The monoisotopic (exact) mass is 244 g/mol. The quantitative estimate of drug-likeness (QED) is 0.624. The van der Waals surface area contributed by atoms with E-state index in [2.05, 4.69) is 13.8 Å². The molecule has 17 heavy (non-hydrogen) atoms. The molecule has 96 valence electrons. The highest BCUT2D eigenvalue weighted by Crippen LogP contribution is 2.30. The summed E-state index contributed by atoms with van der Waals surface area (Å²) in [6.07, 6.45) is 1.20. The lowest BCUT2D eigenvalue weighted by molar-refractivity contribution is 0.146. The highest BCUT2D eigenvalue weighted by Gasteiger charge is 2.17. The molecule has 0 atom stereocenters. The fourth-order valence-corrected chi connectivity index (χ4v) is 2.16. The number of hydrogen-bond acceptors (Lipinski definition) is 0. The largest absolute Gasteiger partial charge is 0.266 e. The second-order valence-electron chi connectivity index (χ2n) is 4.36. The molecule has 0 aromatic heterocycles. The lowest BCUT2D eigenvalue weighted by Crippen LogP contribution is -2.01. The Morgan fingerprint density at radius 1 is 1.06 bits per heavy atom. The van der Waals surface area contributed by atoms with E-state index in [4.69, 9.17) is 0 Å². The second-order valence-corrected chi connectivity index (χ2v) is 4.36. The third kappa shape index (κ3) is 3.76. The van der Waals surface area contributed by atoms with E-state index in [0.29, 0.717) is 0 Å². The molecule has 0 saturated heterocycles. The van der Waals surface area contributed by atoms with Crippen molar-refractivity contribution in [3.63, 3.8) is 0 Å². The second kappa shape index (κ2) is 6.67. The van der Waals surface area contributed by atoms with Crippen LogP contribution in [0.15, 0.2) is 18.2 Å². The summed E-state index contributed by atoms with van der Waals surface area (Å²) in [5, 5.41) is 0. The smallest absolute Gasteiger partial charge is 0.206 e. The topological polar surface area (TPSA) is 0 Å². The average Bonchev–Trinajstić information content (AvgIpc) is 2.29. The molecule has 0 saturated carbocycles. The van der Waals surface area contributed by atoms with Gasteiger partial charge < -0.3 is 0 Å². The first-order chi connectivity index (χ1) is 8.10. The van der Waals surface area contributed by atoms with Crippen LogP contribution in [0.1, 0.15) is 63.0 Å². The first-order valence-electron chi connectivity index (χ1n) is 6.17. The SMILES string of the molecule is CCCC(CCC)c1ccc(F)c(C(F)F)c1. The predicted molar refractivity (Wildman–Crippen MR) is 63.9 cm³/mol. The maximum atomic E-state index is 13.2. The molecule has 0 spiro atoms. The van der Waals surface area contributed by atoms with Crippen molar-refractivity contribution in [1.29, 1.82) is 0 Å². The molecule has 1 aromatic rings. The zero-order valence-electron chi connectivity index (χ0n) is 10.3. The van der Waals surface area contributed by atoms with Crippen LogP contribution in [0, 0.1) is 5.82 Å². The normalized spacial score (nSPS) is 11.5. The Morgan fingerprint density at radius 3 is 2.12 bits per heavy atom. The van der Waals surface area contributed by atoms with E-state index >= 15 is 0 Å². The Labute approximate surface area is 101 Å². The van der Waals surface area contributed by atoms with Crippen LogP contribution >= 0.6 is 0 Å². The van der Waals surface area contributed by atoms with Crippen LogP contribution < -0.4 is 0 Å². The van der Waals surface area contributed by atoms with Crippen LogP contribution in [-0.2, 0) is 0 Å². The Bertz CT molecular complexity index is 341. The third-order valence-corrected chi connectivity index (χ3v) is 3.00. The first kappa shape index (κ1) is 14.1. The molecule has 0 fully saturated rings. The number of rotatable bonds is 6. The average molecular weight is 244 g/mol. The molecule has 0 nitrogen and oxygen atoms in total. The summed E-state index contributed by atoms with van der Waals surface area (Å²) in [5.74, 6) is -0.543. The molecule has 0 unspecified atom stereocenters. The van der Waals surface area contributed by atoms with Crippen molar-refractivity contribution in [2.45, 2.75) is 51.9 Å². The summed E-state index contributed by atoms with van der Waals surface area (Å²) in [6, 6.07) is 4.13. The van der Waals surface area contributed by atoms with Crippen LogP contribution in [0.2, 0.25) is 0 Å². The van der Waals surface area contributed by atoms with Gasteiger partial charge in [0.05, 0.1) is 5.56 Å². The fraction of sp³-hybridized carbons (Fsp3) is 0.571. The standard InChI is InChI=1S/C14H19F3/c1-3-5-10(6-4-2)11-7-8-13(15)12(9-11)14(16)17/h7-10,14H,3-6H2,1-2H3. The van der Waals surface area contributed by atoms with E-state index in [1.54, 1.807) is 6.07 Å². The minimum Gasteiger partial charge on any atom is -0.206 e. The Morgan fingerprint density at radius 2 is 1.65 bits per heavy atom. The van der Waals surface area contributed by atoms with Crippen molar-refractivity contribution in [2.24, 2.45) is 0 Å². The van der Waals surface area contributed by atoms with Gasteiger partial charge in [0, 0.05) is 0 Å². The summed E-state index contributed by atoms with van der Waals surface area (Å²) in [6.45, 7) is 4.14. The highest BCUT2D eigenvalue weighted by atomic mass is 19.3. The van der Waals surface area contributed by atoms with Gasteiger partial charge in [-0.3, -0.25) is 0 Å². The van der Waals surface area contributed by atoms with Crippen molar-refractivity contribution in [1.82, 2.24) is 0 Å². The van der Waals surface area contributed by atoms with Gasteiger partial charge in [0.15, 0.2) is 0 Å². The summed E-state index contributed by atoms with van der Waals surface area (Å²) < 4.78 is 38.4. The van der Waals surface area contributed by atoms with Gasteiger partial charge in [-0.05, 0) is 36.5 Å². The molecule has 0 N–H and O–H groups in total. The van der Waals surface area contributed by atoms with Crippen LogP contribution in [-0.4, -0.2) is 0 Å². The molecule has 0 heterocycles. The maximum Gasteiger partial charge on any atom is 0.266 e. The molecule has 0 aliphatic rings. The maximum absolute atomic E-state index is 13.2. The van der Waals surface area contributed by atoms with E-state index < -0.39 is 17.8 Å². The van der Waals surface area contributed by atoms with Crippen molar-refractivity contribution in [3.8, 4) is 0 Å². The zero-order chi connectivity index (χ0) is 12.8. The van der Waals surface area contributed by atoms with Gasteiger partial charge in [0.1, 0.15) is 5.82 Å². The summed E-state index contributed by atoms with van der Waals surface area (Å²) in [5.41, 5.74) is 0.366. The number of alkyl halides is 2. The molecule has 1 rings (SSSR count). The molecule has 3 heteroatoms. The molecular formula is C14H19F3. The third-order valence-electron chi connectivity index (χ3n) is 3.00. The lowest BCUT2D eigenvalue weighted by Gasteiger charge is -2.17. The lowest BCUT2D eigenvalue weighted by atomic mass is 9.89. The summed E-state index contributed by atoms with van der Waals surface area (Å²) in [7, 11) is 0. The van der Waals surface area contributed by atoms with Crippen LogP contribution in [0.5, 0.6) is 0 Å². The minimum atomic E-state index is -2.74. The van der Waals surface area contributed by atoms with Crippen LogP contribution in [0.4, 0.5) is 13.2 Å². The first-order valence-corrected chi connectivity index (χ1v) is 6.17. The van der Waals surface area contributed by atoms with Gasteiger partial charge in [-0.2, -0.15) is 0 Å². The molecule has 0 amide bonds. The van der Waals surface area contributed by atoms with Crippen molar-refractivity contribution in [3.05, 3.63) is 35.1 Å². The molecule has 1 aromatic carbocycles. The molecule has 0 aliphatic carbocycles. The van der Waals surface area contributed by atoms with E-state index in [1.807, 2.05) is 0 Å². The number of halogens is 3. The van der Waals surface area contributed by atoms with Crippen LogP contribution in [0.25, 0.3) is 0 Å². The fourth-order valence-electron chi connectivity index (χ4n) is 2.16. The highest BCUT2D eigenvalue weighted by molar-refractivity contribution is 5.28. The van der Waals surface area contributed by atoms with E-state index in [1.165, 1.54) is 6.07 Å². The zero-order valence-corrected chi connectivity index (χ0v) is 10.3. The predicted octanol–water partition coefficient (Wildman–Crippen LogP) is 5.45. The molecule has 0 aliphatic heterocycles. The Kier molecular flexibility index (Phi) is 5.52. The van der Waals surface area contributed by atoms with E-state index in [0.717, 1.165) is 37.3 Å². The van der Waals surface area contributed by atoms with Gasteiger partial charge in [-0.25, -0.2) is 13.2 Å². The van der Waals surface area contributed by atoms with Gasteiger partial charge in [-0.15, -0.1) is 0 Å². The van der Waals surface area contributed by atoms with Crippen molar-refractivity contribution < 1.29 is 13.2 Å². The van der Waals surface area contributed by atoms with Gasteiger partial charge >= 0.3 is 0 Å². The summed E-state index contributed by atoms with van der Waals surface area (Å²) >= 11 is 0. The van der Waals surface area contributed by atoms with Gasteiger partial charge in [0.2, 0.25) is 0 Å². The van der Waals surface area contributed by atoms with Gasteiger partial charge in [-0.1, -0.05) is 32.8 Å². The molecular weight excluding hydrogens is 225 g/mol. The Hall–Kier alpha value is -0.990. The van der Waals surface area contributed by atoms with Crippen molar-refractivity contribution >= 4 is 0 Å². The molecule has 0 radical (unpaired) electrons. The summed E-state index contributed by atoms with van der Waals surface area (Å²) in [4.78, 5) is 0. The Balaban J connectivity index is 2.98. The van der Waals surface area contributed by atoms with Crippen molar-refractivity contribution in [2.75, 3.05) is 0 Å². The number of benzene rings is 1. The van der Waals surface area contributed by atoms with E-state index in [-0.39, 0.29) is 5.92 Å². The molecule has 0 bridgehead atoms.